The molecule has 1 aliphatic rings. The molecule has 8 nitrogen and oxygen atoms in total. The molecule has 3 heterocycles. The fourth-order valence-corrected chi connectivity index (χ4v) is 4.98. The Hall–Kier alpha value is -1.49. The van der Waals surface area contributed by atoms with Crippen molar-refractivity contribution >= 4 is 29.0 Å². The quantitative estimate of drug-likeness (QED) is 0.306. The van der Waals surface area contributed by atoms with Gasteiger partial charge in [0.25, 0.3) is 17.6 Å². The third-order valence-electron chi connectivity index (χ3n) is 5.86. The highest BCUT2D eigenvalue weighted by atomic mass is 35.5. The lowest BCUT2D eigenvalue weighted by atomic mass is 10.1. The molecule has 0 radical (unpaired) electrons. The lowest BCUT2D eigenvalue weighted by Gasteiger charge is -2.19. The van der Waals surface area contributed by atoms with Gasteiger partial charge >= 0.3 is 0 Å². The summed E-state index contributed by atoms with van der Waals surface area (Å²) in [4.78, 5) is 1.52. The minimum absolute atomic E-state index is 0. The van der Waals surface area contributed by atoms with Crippen LogP contribution in [0.4, 0.5) is 0 Å². The molecule has 0 saturated heterocycles. The van der Waals surface area contributed by atoms with E-state index in [9.17, 15) is 0 Å². The molecule has 11 heteroatoms. The summed E-state index contributed by atoms with van der Waals surface area (Å²) in [5.41, 5.74) is 2.25. The number of halogens is 1. The summed E-state index contributed by atoms with van der Waals surface area (Å²) in [6.07, 6.45) is 15.7. The van der Waals surface area contributed by atoms with Gasteiger partial charge in [0.05, 0.1) is 57.4 Å². The van der Waals surface area contributed by atoms with E-state index in [-0.39, 0.29) is 12.4 Å². The smallest absolute Gasteiger partial charge is 0.291 e. The van der Waals surface area contributed by atoms with E-state index in [4.69, 9.17) is 14.2 Å². The van der Waals surface area contributed by atoms with Crippen LogP contribution in [0.2, 0.25) is 0 Å². The van der Waals surface area contributed by atoms with E-state index in [1.165, 1.54) is 80.1 Å². The predicted octanol–water partition coefficient (Wildman–Crippen LogP) is 1.06. The number of quaternary nitrogens is 1. The fraction of sp³-hybridized carbons (Fsp3) is 0.739. The summed E-state index contributed by atoms with van der Waals surface area (Å²) < 4.78 is 33.6. The highest BCUT2D eigenvalue weighted by Gasteiger charge is 2.20. The lowest BCUT2D eigenvalue weighted by molar-refractivity contribution is -0.872. The predicted molar refractivity (Wildman–Crippen MR) is 133 cm³/mol. The summed E-state index contributed by atoms with van der Waals surface area (Å²) in [6, 6.07) is 0. The second kappa shape index (κ2) is 17.0. The summed E-state index contributed by atoms with van der Waals surface area (Å²) >= 11 is 2.37. The molecule has 0 saturated carbocycles. The van der Waals surface area contributed by atoms with Gasteiger partial charge in [-0.05, 0) is 12.8 Å². The van der Waals surface area contributed by atoms with Gasteiger partial charge in [0.15, 0.2) is 0 Å². The van der Waals surface area contributed by atoms with Crippen molar-refractivity contribution < 1.29 is 31.5 Å². The fourth-order valence-electron chi connectivity index (χ4n) is 3.97. The molecule has 3 rings (SSSR count). The van der Waals surface area contributed by atoms with Crippen molar-refractivity contribution in [3.05, 3.63) is 11.8 Å². The number of unbranched alkanes of at least 4 members (excludes halogenated alkanes) is 9. The van der Waals surface area contributed by atoms with Crippen LogP contribution in [0.3, 0.4) is 0 Å². The number of methoxy groups -OCH3 is 1. The van der Waals surface area contributed by atoms with Gasteiger partial charge in [-0.2, -0.15) is 4.37 Å². The van der Waals surface area contributed by atoms with Crippen molar-refractivity contribution in [1.82, 2.24) is 17.5 Å². The third kappa shape index (κ3) is 10.0. The molecular formula is C23H38ClN5O3S2. The van der Waals surface area contributed by atoms with E-state index in [0.717, 1.165) is 55.7 Å². The zero-order chi connectivity index (χ0) is 23.1. The highest BCUT2D eigenvalue weighted by molar-refractivity contribution is 6.99. The van der Waals surface area contributed by atoms with Gasteiger partial charge in [-0.15, -0.1) is 13.1 Å². The van der Waals surface area contributed by atoms with Crippen LogP contribution in [0.25, 0.3) is 5.57 Å². The first-order valence-electron chi connectivity index (χ1n) is 12.2. The van der Waals surface area contributed by atoms with Crippen LogP contribution in [0, 0.1) is 0 Å². The van der Waals surface area contributed by atoms with E-state index in [1.807, 2.05) is 0 Å². The van der Waals surface area contributed by atoms with Crippen molar-refractivity contribution in [3.8, 4) is 17.6 Å². The maximum atomic E-state index is 5.96. The molecule has 2 aromatic rings. The number of nitrogens with zero attached hydrogens (tertiary/aromatic N) is 4. The molecule has 0 amide bonds. The lowest BCUT2D eigenvalue weighted by Crippen LogP contribution is -3.09. The van der Waals surface area contributed by atoms with Crippen LogP contribution < -0.4 is 31.5 Å². The molecule has 192 valence electrons. The second-order valence-corrected chi connectivity index (χ2v) is 9.69. The summed E-state index contributed by atoms with van der Waals surface area (Å²) in [5.74, 6) is 1.74. The van der Waals surface area contributed by atoms with Gasteiger partial charge in [0.2, 0.25) is 0 Å². The Balaban J connectivity index is 0.00000408. The summed E-state index contributed by atoms with van der Waals surface area (Å²) in [5, 5.41) is 0. The standard InChI is InChI=1S/C23H37N5O3S2.ClH/c1-28-15-13-14-19(18-28)20-21(25-32-24-20)30-16-11-9-7-5-3-4-6-8-10-12-17-31-23-22(29-2)26-33-27-23;/h14H,3-13,15-18H2,1-2H3;1H. The van der Waals surface area contributed by atoms with E-state index in [2.05, 4.69) is 30.6 Å². The number of nitrogens with one attached hydrogen (secondary N) is 1. The van der Waals surface area contributed by atoms with Crippen molar-refractivity contribution in [1.29, 1.82) is 0 Å². The van der Waals surface area contributed by atoms with Gasteiger partial charge in [-0.25, -0.2) is 0 Å². The number of hydrogen-bond donors (Lipinski definition) is 1. The monoisotopic (exact) mass is 531 g/mol. The molecule has 1 atom stereocenters. The van der Waals surface area contributed by atoms with Crippen LogP contribution in [-0.4, -0.2) is 58.0 Å². The molecule has 1 aliphatic heterocycles. The largest absolute Gasteiger partial charge is 1.00 e. The van der Waals surface area contributed by atoms with Crippen LogP contribution in [0.15, 0.2) is 6.08 Å². The van der Waals surface area contributed by atoms with Crippen LogP contribution in [0.1, 0.15) is 76.3 Å². The molecule has 0 aliphatic carbocycles. The number of likely N-dealkylation sites (N-methyl/N-ethyl adjacent to an activating group) is 1. The van der Waals surface area contributed by atoms with Gasteiger partial charge in [-0.1, -0.05) is 57.4 Å². The van der Waals surface area contributed by atoms with Crippen molar-refractivity contribution in [2.24, 2.45) is 0 Å². The minimum Gasteiger partial charge on any atom is -1.00 e. The first-order chi connectivity index (χ1) is 16.3. The van der Waals surface area contributed by atoms with E-state index < -0.39 is 0 Å². The molecule has 1 N–H and O–H groups in total. The number of aromatic nitrogens is 4. The Morgan fingerprint density at radius 1 is 0.765 bits per heavy atom. The minimum atomic E-state index is 0. The normalized spacial score (nSPS) is 15.5. The molecule has 0 bridgehead atoms. The first kappa shape index (κ1) is 28.7. The Kier molecular flexibility index (Phi) is 14.4. The average Bonchev–Trinajstić information content (AvgIpc) is 3.48. The Morgan fingerprint density at radius 2 is 1.29 bits per heavy atom. The van der Waals surface area contributed by atoms with E-state index in [0.29, 0.717) is 18.4 Å². The maximum absolute atomic E-state index is 5.96. The van der Waals surface area contributed by atoms with Gasteiger partial charge in [-0.3, -0.25) is 0 Å². The van der Waals surface area contributed by atoms with Gasteiger partial charge in [0, 0.05) is 12.0 Å². The highest BCUT2D eigenvalue weighted by Crippen LogP contribution is 2.25. The molecular weight excluding hydrogens is 494 g/mol. The average molecular weight is 532 g/mol. The number of ether oxygens (including phenoxy) is 3. The summed E-state index contributed by atoms with van der Waals surface area (Å²) in [6.45, 7) is 3.61. The first-order valence-corrected chi connectivity index (χ1v) is 13.7. The molecule has 0 fully saturated rings. The Labute approximate surface area is 218 Å². The van der Waals surface area contributed by atoms with Crippen LogP contribution in [0.5, 0.6) is 17.6 Å². The summed E-state index contributed by atoms with van der Waals surface area (Å²) in [7, 11) is 3.81. The molecule has 34 heavy (non-hydrogen) atoms. The number of hydrogen-bond acceptors (Lipinski definition) is 9. The van der Waals surface area contributed by atoms with Crippen molar-refractivity contribution in [2.45, 2.75) is 70.6 Å². The van der Waals surface area contributed by atoms with Gasteiger partial charge < -0.3 is 31.5 Å². The van der Waals surface area contributed by atoms with E-state index >= 15 is 0 Å². The maximum Gasteiger partial charge on any atom is 0.291 e. The SMILES string of the molecule is COc1nsnc1OCCCCCCCCCCCCOc1nsnc1C1=CCC[NH+](C)C1.[Cl-]. The number of rotatable bonds is 17. The zero-order valence-electron chi connectivity index (χ0n) is 20.4. The van der Waals surface area contributed by atoms with Crippen molar-refractivity contribution in [2.75, 3.05) is 40.5 Å². The third-order valence-corrected chi connectivity index (χ3v) is 6.86. The molecule has 0 spiro atoms. The molecule has 1 unspecified atom stereocenters. The zero-order valence-corrected chi connectivity index (χ0v) is 22.8. The van der Waals surface area contributed by atoms with Crippen LogP contribution in [-0.2, 0) is 0 Å². The van der Waals surface area contributed by atoms with Crippen molar-refractivity contribution in [3.63, 3.8) is 0 Å². The molecule has 2 aromatic heterocycles. The van der Waals surface area contributed by atoms with E-state index in [1.54, 1.807) is 7.11 Å². The Morgan fingerprint density at radius 3 is 1.91 bits per heavy atom. The van der Waals surface area contributed by atoms with Crippen LogP contribution >= 0.6 is 23.5 Å². The second-order valence-electron chi connectivity index (χ2n) is 8.63. The van der Waals surface area contributed by atoms with Gasteiger partial charge in [0.1, 0.15) is 12.2 Å². The topological polar surface area (TPSA) is 83.7 Å². The molecule has 0 aromatic carbocycles. The Bertz CT molecular complexity index is 833.